The Hall–Kier alpha value is -0.170. The van der Waals surface area contributed by atoms with Crippen molar-refractivity contribution in [3.05, 3.63) is 0 Å². The van der Waals surface area contributed by atoms with Crippen molar-refractivity contribution >= 4 is 10.2 Å². The molecular weight excluding hydrogens is 180 g/mol. The molecule has 1 saturated carbocycles. The highest BCUT2D eigenvalue weighted by atomic mass is 32.2. The van der Waals surface area contributed by atoms with Gasteiger partial charge in [0.2, 0.25) is 0 Å². The zero-order valence-electron chi connectivity index (χ0n) is 6.78. The van der Waals surface area contributed by atoms with Crippen molar-refractivity contribution in [1.29, 1.82) is 0 Å². The molecule has 0 spiro atoms. The molecule has 12 heavy (non-hydrogen) atoms. The minimum Gasteiger partial charge on any atom is -0.396 e. The SMILES string of the molecule is NS(=O)(=O)NCC1(CCO)CC1. The van der Waals surface area contributed by atoms with Crippen molar-refractivity contribution in [3.8, 4) is 0 Å². The van der Waals surface area contributed by atoms with Gasteiger partial charge in [-0.25, -0.2) is 9.86 Å². The molecule has 0 atom stereocenters. The van der Waals surface area contributed by atoms with Gasteiger partial charge in [-0.15, -0.1) is 0 Å². The lowest BCUT2D eigenvalue weighted by Gasteiger charge is -2.12. The number of hydrogen-bond acceptors (Lipinski definition) is 3. The van der Waals surface area contributed by atoms with Gasteiger partial charge in [-0.2, -0.15) is 8.42 Å². The quantitative estimate of drug-likeness (QED) is 0.521. The normalized spacial score (nSPS) is 20.8. The lowest BCUT2D eigenvalue weighted by molar-refractivity contribution is 0.249. The monoisotopic (exact) mass is 194 g/mol. The molecule has 0 aromatic heterocycles. The molecule has 4 N–H and O–H groups in total. The van der Waals surface area contributed by atoms with Gasteiger partial charge >= 0.3 is 0 Å². The van der Waals surface area contributed by atoms with Crippen LogP contribution >= 0.6 is 0 Å². The predicted octanol–water partition coefficient (Wildman–Crippen LogP) is -1.06. The number of nitrogens with two attached hydrogens (primary N) is 1. The van der Waals surface area contributed by atoms with Gasteiger partial charge < -0.3 is 5.11 Å². The van der Waals surface area contributed by atoms with E-state index in [1.54, 1.807) is 0 Å². The second-order valence-electron chi connectivity index (χ2n) is 3.34. The maximum Gasteiger partial charge on any atom is 0.274 e. The minimum atomic E-state index is -3.57. The molecule has 0 amide bonds. The third-order valence-corrected chi connectivity index (χ3v) is 2.79. The first-order valence-corrected chi connectivity index (χ1v) is 5.40. The summed E-state index contributed by atoms with van der Waals surface area (Å²) in [5, 5.41) is 13.4. The minimum absolute atomic E-state index is 0.0127. The van der Waals surface area contributed by atoms with Crippen molar-refractivity contribution in [1.82, 2.24) is 4.72 Å². The van der Waals surface area contributed by atoms with E-state index in [0.717, 1.165) is 12.8 Å². The number of aliphatic hydroxyl groups excluding tert-OH is 1. The van der Waals surface area contributed by atoms with E-state index >= 15 is 0 Å². The van der Waals surface area contributed by atoms with E-state index < -0.39 is 10.2 Å². The van der Waals surface area contributed by atoms with Crippen LogP contribution in [-0.2, 0) is 10.2 Å². The van der Waals surface area contributed by atoms with E-state index in [4.69, 9.17) is 10.2 Å². The Morgan fingerprint density at radius 1 is 1.50 bits per heavy atom. The zero-order chi connectivity index (χ0) is 9.24. The van der Waals surface area contributed by atoms with Gasteiger partial charge in [0.25, 0.3) is 10.2 Å². The van der Waals surface area contributed by atoms with Gasteiger partial charge in [0.1, 0.15) is 0 Å². The van der Waals surface area contributed by atoms with Crippen molar-refractivity contribution < 1.29 is 13.5 Å². The van der Waals surface area contributed by atoms with Gasteiger partial charge in [-0.1, -0.05) is 0 Å². The van der Waals surface area contributed by atoms with Gasteiger partial charge in [-0.05, 0) is 24.7 Å². The van der Waals surface area contributed by atoms with Gasteiger partial charge in [0.05, 0.1) is 0 Å². The summed E-state index contributed by atoms with van der Waals surface area (Å²) in [5.41, 5.74) is -0.0127. The third kappa shape index (κ3) is 3.06. The van der Waals surface area contributed by atoms with E-state index in [1.165, 1.54) is 0 Å². The maximum atomic E-state index is 10.5. The van der Waals surface area contributed by atoms with Crippen LogP contribution in [0, 0.1) is 5.41 Å². The molecule has 0 aromatic rings. The van der Waals surface area contributed by atoms with Crippen LogP contribution in [0.25, 0.3) is 0 Å². The molecule has 72 valence electrons. The predicted molar refractivity (Wildman–Crippen MR) is 44.5 cm³/mol. The molecule has 0 saturated heterocycles. The highest BCUT2D eigenvalue weighted by molar-refractivity contribution is 7.87. The largest absolute Gasteiger partial charge is 0.396 e. The summed E-state index contributed by atoms with van der Waals surface area (Å²) < 4.78 is 23.3. The number of rotatable bonds is 5. The summed E-state index contributed by atoms with van der Waals surface area (Å²) >= 11 is 0. The topological polar surface area (TPSA) is 92.4 Å². The third-order valence-electron chi connectivity index (χ3n) is 2.25. The Kier molecular flexibility index (Phi) is 2.72. The van der Waals surface area contributed by atoms with Crippen molar-refractivity contribution in [2.75, 3.05) is 13.2 Å². The molecule has 0 aromatic carbocycles. The Morgan fingerprint density at radius 3 is 2.42 bits per heavy atom. The smallest absolute Gasteiger partial charge is 0.274 e. The second kappa shape index (κ2) is 3.29. The molecule has 5 nitrogen and oxygen atoms in total. The first-order valence-electron chi connectivity index (χ1n) is 3.86. The average Bonchev–Trinajstić information content (AvgIpc) is 2.65. The summed E-state index contributed by atoms with van der Waals surface area (Å²) in [4.78, 5) is 0. The Morgan fingerprint density at radius 2 is 2.08 bits per heavy atom. The summed E-state index contributed by atoms with van der Waals surface area (Å²) in [6.07, 6.45) is 2.58. The van der Waals surface area contributed by atoms with Crippen molar-refractivity contribution in [2.24, 2.45) is 10.6 Å². The highest BCUT2D eigenvalue weighted by Gasteiger charge is 2.42. The molecular formula is C6H14N2O3S. The van der Waals surface area contributed by atoms with Gasteiger partial charge in [-0.3, -0.25) is 0 Å². The van der Waals surface area contributed by atoms with Crippen LogP contribution in [0.15, 0.2) is 0 Å². The Balaban J connectivity index is 2.32. The first-order chi connectivity index (χ1) is 5.47. The zero-order valence-corrected chi connectivity index (χ0v) is 7.60. The first kappa shape index (κ1) is 9.91. The molecule has 1 aliphatic rings. The van der Waals surface area contributed by atoms with Crippen LogP contribution in [0.1, 0.15) is 19.3 Å². The van der Waals surface area contributed by atoms with E-state index in [-0.39, 0.29) is 12.0 Å². The van der Waals surface area contributed by atoms with Crippen molar-refractivity contribution in [2.45, 2.75) is 19.3 Å². The fourth-order valence-electron chi connectivity index (χ4n) is 1.18. The average molecular weight is 194 g/mol. The van der Waals surface area contributed by atoms with Crippen LogP contribution in [0.3, 0.4) is 0 Å². The number of aliphatic hydroxyl groups is 1. The molecule has 0 unspecified atom stereocenters. The summed E-state index contributed by atoms with van der Waals surface area (Å²) in [5.74, 6) is 0. The van der Waals surface area contributed by atoms with E-state index in [1.807, 2.05) is 0 Å². The molecule has 6 heteroatoms. The van der Waals surface area contributed by atoms with E-state index in [2.05, 4.69) is 4.72 Å². The standard InChI is InChI=1S/C6H14N2O3S/c7-12(10,11)8-5-6(1-2-6)3-4-9/h8-9H,1-5H2,(H2,7,10,11). The van der Waals surface area contributed by atoms with Crippen LogP contribution < -0.4 is 9.86 Å². The molecule has 1 fully saturated rings. The maximum absolute atomic E-state index is 10.5. The molecule has 1 aliphatic carbocycles. The summed E-state index contributed by atoms with van der Waals surface area (Å²) in [6.45, 7) is 0.457. The van der Waals surface area contributed by atoms with Crippen LogP contribution in [0.2, 0.25) is 0 Å². The van der Waals surface area contributed by atoms with Crippen LogP contribution in [-0.4, -0.2) is 26.7 Å². The molecule has 0 heterocycles. The highest BCUT2D eigenvalue weighted by Crippen LogP contribution is 2.47. The van der Waals surface area contributed by atoms with Gasteiger partial charge in [0.15, 0.2) is 0 Å². The fraction of sp³-hybridized carbons (Fsp3) is 1.00. The Labute approximate surface area is 72.1 Å². The molecule has 0 aliphatic heterocycles. The summed E-state index contributed by atoms with van der Waals surface area (Å²) in [6, 6.07) is 0. The molecule has 1 rings (SSSR count). The van der Waals surface area contributed by atoms with E-state index in [9.17, 15) is 8.42 Å². The van der Waals surface area contributed by atoms with Crippen molar-refractivity contribution in [3.63, 3.8) is 0 Å². The van der Waals surface area contributed by atoms with Crippen LogP contribution in [0.5, 0.6) is 0 Å². The number of nitrogens with one attached hydrogen (secondary N) is 1. The van der Waals surface area contributed by atoms with E-state index in [0.29, 0.717) is 13.0 Å². The lowest BCUT2D eigenvalue weighted by atomic mass is 10.0. The molecule has 0 radical (unpaired) electrons. The summed E-state index contributed by atoms with van der Waals surface area (Å²) in [7, 11) is -3.57. The Bertz CT molecular complexity index is 246. The fourth-order valence-corrected chi connectivity index (χ4v) is 1.69. The number of hydrogen-bond donors (Lipinski definition) is 3. The molecule has 0 bridgehead atoms. The second-order valence-corrected chi connectivity index (χ2v) is 4.72. The lowest BCUT2D eigenvalue weighted by Crippen LogP contribution is -2.35. The van der Waals surface area contributed by atoms with Crippen LogP contribution in [0.4, 0.5) is 0 Å². The van der Waals surface area contributed by atoms with Gasteiger partial charge in [0, 0.05) is 13.2 Å².